The van der Waals surface area contributed by atoms with Crippen LogP contribution in [0, 0.1) is 5.41 Å². The van der Waals surface area contributed by atoms with Crippen molar-refractivity contribution in [3.05, 3.63) is 60.7 Å². The van der Waals surface area contributed by atoms with Gasteiger partial charge < -0.3 is 14.2 Å². The second kappa shape index (κ2) is 8.92. The third kappa shape index (κ3) is 4.37. The maximum absolute atomic E-state index is 11.9. The first kappa shape index (κ1) is 19.9. The predicted octanol–water partition coefficient (Wildman–Crippen LogP) is 4.20. The van der Waals surface area contributed by atoms with Gasteiger partial charge in [-0.2, -0.15) is 0 Å². The van der Waals surface area contributed by atoms with E-state index in [1.807, 2.05) is 24.3 Å². The van der Waals surface area contributed by atoms with Crippen molar-refractivity contribution in [2.45, 2.75) is 13.3 Å². The van der Waals surface area contributed by atoms with Crippen LogP contribution in [0.4, 0.5) is 10.7 Å². The zero-order chi connectivity index (χ0) is 20.8. The number of para-hydroxylation sites is 2. The van der Waals surface area contributed by atoms with Gasteiger partial charge in [0.2, 0.25) is 5.95 Å². The highest BCUT2D eigenvalue weighted by Gasteiger charge is 2.19. The van der Waals surface area contributed by atoms with Gasteiger partial charge in [-0.3, -0.25) is 10.7 Å². The van der Waals surface area contributed by atoms with Crippen LogP contribution in [-0.2, 0) is 11.2 Å². The number of methoxy groups -OCH3 is 1. The van der Waals surface area contributed by atoms with E-state index in [0.29, 0.717) is 29.0 Å². The molecule has 3 aromatic rings. The van der Waals surface area contributed by atoms with Gasteiger partial charge in [-0.15, -0.1) is 6.58 Å². The first-order valence-electron chi connectivity index (χ1n) is 9.03. The standard InChI is InChI=1S/C21H22N4O4/c1-4-8-14-11-12-17(18(13-14)27-3)29-19(22)25-16-10-7-6-9-15(16)23-20(25)24-21(26)28-5-2/h4,6-7,9-13,22H,1,5,8H2,2-3H3,(H,23,24,26). The molecule has 0 saturated heterocycles. The summed E-state index contributed by atoms with van der Waals surface area (Å²) in [6, 6.07) is 12.4. The van der Waals surface area contributed by atoms with Gasteiger partial charge in [-0.05, 0) is 43.2 Å². The number of hydrogen-bond donors (Lipinski definition) is 2. The molecule has 0 saturated carbocycles. The number of allylic oxidation sites excluding steroid dienone is 1. The zero-order valence-electron chi connectivity index (χ0n) is 16.3. The molecule has 1 heterocycles. The molecule has 8 nitrogen and oxygen atoms in total. The Morgan fingerprint density at radius 1 is 1.28 bits per heavy atom. The molecule has 8 heteroatoms. The molecular formula is C21H22N4O4. The van der Waals surface area contributed by atoms with Gasteiger partial charge >= 0.3 is 12.1 Å². The van der Waals surface area contributed by atoms with E-state index >= 15 is 0 Å². The first-order valence-corrected chi connectivity index (χ1v) is 9.03. The summed E-state index contributed by atoms with van der Waals surface area (Å²) in [6.45, 7) is 5.65. The fourth-order valence-corrected chi connectivity index (χ4v) is 2.81. The van der Waals surface area contributed by atoms with Gasteiger partial charge in [0.1, 0.15) is 0 Å². The van der Waals surface area contributed by atoms with Crippen molar-refractivity contribution in [3.63, 3.8) is 0 Å². The number of nitrogens with zero attached hydrogens (tertiary/aromatic N) is 2. The largest absolute Gasteiger partial charge is 0.493 e. The molecule has 3 rings (SSSR count). The number of imidazole rings is 1. The normalized spacial score (nSPS) is 10.4. The van der Waals surface area contributed by atoms with E-state index in [4.69, 9.17) is 19.6 Å². The van der Waals surface area contributed by atoms with E-state index in [9.17, 15) is 4.79 Å². The van der Waals surface area contributed by atoms with E-state index in [-0.39, 0.29) is 18.6 Å². The molecule has 2 aromatic carbocycles. The van der Waals surface area contributed by atoms with Crippen LogP contribution < -0.4 is 14.8 Å². The van der Waals surface area contributed by atoms with Crippen LogP contribution in [0.1, 0.15) is 12.5 Å². The summed E-state index contributed by atoms with van der Waals surface area (Å²) in [5, 5.41) is 11.0. The van der Waals surface area contributed by atoms with Crippen molar-refractivity contribution in [2.75, 3.05) is 19.0 Å². The average Bonchev–Trinajstić information content (AvgIpc) is 3.07. The Balaban J connectivity index is 1.96. The summed E-state index contributed by atoms with van der Waals surface area (Å²) in [7, 11) is 1.53. The van der Waals surface area contributed by atoms with Gasteiger partial charge in [-0.25, -0.2) is 14.3 Å². The number of fused-ring (bicyclic) bond motifs is 1. The molecule has 0 fully saturated rings. The quantitative estimate of drug-likeness (QED) is 0.371. The van der Waals surface area contributed by atoms with Crippen molar-refractivity contribution in [1.29, 1.82) is 5.41 Å². The molecule has 0 aliphatic heterocycles. The van der Waals surface area contributed by atoms with Crippen molar-refractivity contribution in [1.82, 2.24) is 9.55 Å². The lowest BCUT2D eigenvalue weighted by Crippen LogP contribution is -2.23. The Bertz CT molecular complexity index is 1060. The number of carbonyl (C=O) groups is 1. The lowest BCUT2D eigenvalue weighted by molar-refractivity contribution is 0.167. The Morgan fingerprint density at radius 3 is 2.79 bits per heavy atom. The Kier molecular flexibility index (Phi) is 6.13. The van der Waals surface area contributed by atoms with Crippen molar-refractivity contribution >= 4 is 29.1 Å². The van der Waals surface area contributed by atoms with E-state index in [1.54, 1.807) is 31.2 Å². The first-order chi connectivity index (χ1) is 14.1. The fraction of sp³-hybridized carbons (Fsp3) is 0.190. The summed E-state index contributed by atoms with van der Waals surface area (Å²) in [5.74, 6) is 0.973. The van der Waals surface area contributed by atoms with Crippen LogP contribution in [0.25, 0.3) is 11.0 Å². The second-order valence-electron chi connectivity index (χ2n) is 5.99. The minimum atomic E-state index is -0.664. The van der Waals surface area contributed by atoms with Gasteiger partial charge in [0.15, 0.2) is 11.5 Å². The monoisotopic (exact) mass is 394 g/mol. The molecule has 0 aliphatic rings. The van der Waals surface area contributed by atoms with E-state index in [2.05, 4.69) is 16.9 Å². The zero-order valence-corrected chi connectivity index (χ0v) is 16.3. The molecule has 150 valence electrons. The number of benzene rings is 2. The van der Waals surface area contributed by atoms with Crippen molar-refractivity contribution in [2.24, 2.45) is 0 Å². The molecule has 0 bridgehead atoms. The molecule has 1 aromatic heterocycles. The highest BCUT2D eigenvalue weighted by Crippen LogP contribution is 2.29. The molecular weight excluding hydrogens is 372 g/mol. The number of hydrogen-bond acceptors (Lipinski definition) is 6. The average molecular weight is 394 g/mol. The summed E-state index contributed by atoms with van der Waals surface area (Å²) in [5.41, 5.74) is 2.21. The van der Waals surface area contributed by atoms with Crippen LogP contribution in [-0.4, -0.2) is 35.4 Å². The second-order valence-corrected chi connectivity index (χ2v) is 5.99. The van der Waals surface area contributed by atoms with Crippen LogP contribution in [0.5, 0.6) is 11.5 Å². The van der Waals surface area contributed by atoms with Gasteiger partial charge in [-0.1, -0.05) is 24.3 Å². The lowest BCUT2D eigenvalue weighted by atomic mass is 10.1. The summed E-state index contributed by atoms with van der Waals surface area (Å²) in [6.07, 6.45) is 1.82. The van der Waals surface area contributed by atoms with Crippen LogP contribution in [0.2, 0.25) is 0 Å². The SMILES string of the molecule is C=CCc1ccc(OC(=N)n2c(NC(=O)OCC)nc3ccccc32)c(OC)c1. The van der Waals surface area contributed by atoms with Crippen LogP contribution in [0.3, 0.4) is 0 Å². The van der Waals surface area contributed by atoms with Gasteiger partial charge in [0.05, 0.1) is 24.8 Å². The Morgan fingerprint density at radius 2 is 2.07 bits per heavy atom. The molecule has 0 spiro atoms. The molecule has 0 radical (unpaired) electrons. The number of nitrogens with one attached hydrogen (secondary N) is 2. The smallest absolute Gasteiger partial charge is 0.413 e. The van der Waals surface area contributed by atoms with Crippen LogP contribution in [0.15, 0.2) is 55.1 Å². The van der Waals surface area contributed by atoms with Crippen molar-refractivity contribution < 1.29 is 19.0 Å². The number of anilines is 1. The summed E-state index contributed by atoms with van der Waals surface area (Å²) < 4.78 is 17.5. The topological polar surface area (TPSA) is 98.5 Å². The molecule has 1 amide bonds. The number of rotatable bonds is 6. The number of ether oxygens (including phenoxy) is 3. The third-order valence-electron chi connectivity index (χ3n) is 4.07. The van der Waals surface area contributed by atoms with Crippen LogP contribution >= 0.6 is 0 Å². The molecule has 2 N–H and O–H groups in total. The Hall–Kier alpha value is -3.81. The minimum absolute atomic E-state index is 0.122. The third-order valence-corrected chi connectivity index (χ3v) is 4.07. The maximum atomic E-state index is 11.9. The van der Waals surface area contributed by atoms with E-state index in [0.717, 1.165) is 5.56 Å². The van der Waals surface area contributed by atoms with Crippen molar-refractivity contribution in [3.8, 4) is 11.5 Å². The minimum Gasteiger partial charge on any atom is -0.493 e. The Labute approximate surface area is 168 Å². The molecule has 29 heavy (non-hydrogen) atoms. The summed E-state index contributed by atoms with van der Waals surface area (Å²) in [4.78, 5) is 16.3. The number of amides is 1. The molecule has 0 aliphatic carbocycles. The molecule has 0 atom stereocenters. The highest BCUT2D eigenvalue weighted by molar-refractivity contribution is 5.95. The highest BCUT2D eigenvalue weighted by atomic mass is 16.5. The fourth-order valence-electron chi connectivity index (χ4n) is 2.81. The number of carbonyl (C=O) groups excluding carboxylic acids is 1. The van der Waals surface area contributed by atoms with E-state index in [1.165, 1.54) is 11.7 Å². The summed E-state index contributed by atoms with van der Waals surface area (Å²) >= 11 is 0. The molecule has 0 unspecified atom stereocenters. The maximum Gasteiger partial charge on any atom is 0.413 e. The lowest BCUT2D eigenvalue weighted by Gasteiger charge is -2.14. The van der Waals surface area contributed by atoms with Gasteiger partial charge in [0, 0.05) is 0 Å². The van der Waals surface area contributed by atoms with Gasteiger partial charge in [0.25, 0.3) is 0 Å². The predicted molar refractivity (Wildman–Crippen MR) is 111 cm³/mol. The van der Waals surface area contributed by atoms with E-state index < -0.39 is 6.09 Å². The number of aromatic nitrogens is 2.